The summed E-state index contributed by atoms with van der Waals surface area (Å²) in [7, 11) is 1.61. The lowest BCUT2D eigenvalue weighted by Crippen LogP contribution is -2.54. The van der Waals surface area contributed by atoms with Crippen molar-refractivity contribution in [1.29, 1.82) is 0 Å². The Kier molecular flexibility index (Phi) is 5.30. The molecule has 1 saturated heterocycles. The van der Waals surface area contributed by atoms with Crippen LogP contribution >= 0.6 is 0 Å². The molecule has 3 amide bonds. The van der Waals surface area contributed by atoms with Gasteiger partial charge in [0.2, 0.25) is 5.91 Å². The molecule has 0 aromatic carbocycles. The molecule has 0 radical (unpaired) electrons. The van der Waals surface area contributed by atoms with Crippen LogP contribution in [0.4, 0.5) is 4.79 Å². The van der Waals surface area contributed by atoms with Gasteiger partial charge in [-0.25, -0.2) is 9.59 Å². The molecule has 0 spiro atoms. The molecule has 0 bridgehead atoms. The van der Waals surface area contributed by atoms with Crippen molar-refractivity contribution in [2.24, 2.45) is 0 Å². The summed E-state index contributed by atoms with van der Waals surface area (Å²) in [5, 5.41) is 22.0. The molecule has 1 heterocycles. The Balaban J connectivity index is 2.47. The maximum absolute atomic E-state index is 11.6. The number of rotatable bonds is 5. The summed E-state index contributed by atoms with van der Waals surface area (Å²) in [5.41, 5.74) is 0. The molecular weight excluding hydrogens is 270 g/mol. The zero-order valence-corrected chi connectivity index (χ0v) is 11.0. The number of nitrogens with zero attached hydrogens (tertiary/aromatic N) is 1. The largest absolute Gasteiger partial charge is 0.481 e. The number of carboxylic acids is 2. The average Bonchev–Trinajstić information content (AvgIpc) is 2.32. The summed E-state index contributed by atoms with van der Waals surface area (Å²) in [6, 6.07) is -2.53. The Morgan fingerprint density at radius 3 is 2.55 bits per heavy atom. The van der Waals surface area contributed by atoms with Gasteiger partial charge in [-0.2, -0.15) is 0 Å². The van der Waals surface area contributed by atoms with Crippen LogP contribution in [0.5, 0.6) is 0 Å². The number of carbonyl (C=O) groups is 4. The van der Waals surface area contributed by atoms with Gasteiger partial charge in [-0.05, 0) is 6.42 Å². The van der Waals surface area contributed by atoms with Gasteiger partial charge in [0.15, 0.2) is 0 Å². The number of likely N-dealkylation sites (N-methyl/N-ethyl adjacent to an activating group) is 1. The van der Waals surface area contributed by atoms with Gasteiger partial charge in [0.1, 0.15) is 6.04 Å². The molecule has 1 aliphatic heterocycles. The summed E-state index contributed by atoms with van der Waals surface area (Å²) < 4.78 is 0. The second-order valence-corrected chi connectivity index (χ2v) is 4.62. The van der Waals surface area contributed by atoms with Gasteiger partial charge in [-0.1, -0.05) is 0 Å². The van der Waals surface area contributed by atoms with Crippen molar-refractivity contribution in [1.82, 2.24) is 15.5 Å². The zero-order chi connectivity index (χ0) is 15.3. The molecule has 0 aliphatic carbocycles. The summed E-state index contributed by atoms with van der Waals surface area (Å²) in [5.74, 6) is -2.75. The number of aliphatic carboxylic acids is 2. The van der Waals surface area contributed by atoms with E-state index in [1.807, 2.05) is 0 Å². The van der Waals surface area contributed by atoms with E-state index >= 15 is 0 Å². The first-order chi connectivity index (χ1) is 9.29. The first-order valence-electron chi connectivity index (χ1n) is 6.05. The smallest absolute Gasteiger partial charge is 0.326 e. The number of carboxylic acid groups (broad SMARTS) is 2. The number of hydrogen-bond acceptors (Lipinski definition) is 4. The molecule has 9 nitrogen and oxygen atoms in total. The van der Waals surface area contributed by atoms with Gasteiger partial charge in [0, 0.05) is 26.1 Å². The van der Waals surface area contributed by atoms with Crippen LogP contribution in [0.25, 0.3) is 0 Å². The molecule has 0 aromatic heterocycles. The fraction of sp³-hybridized carbons (Fsp3) is 0.636. The minimum atomic E-state index is -1.49. The fourth-order valence-corrected chi connectivity index (χ4v) is 1.89. The zero-order valence-electron chi connectivity index (χ0n) is 11.0. The van der Waals surface area contributed by atoms with E-state index in [2.05, 4.69) is 10.6 Å². The predicted octanol–water partition coefficient (Wildman–Crippen LogP) is -1.17. The van der Waals surface area contributed by atoms with E-state index in [9.17, 15) is 19.2 Å². The molecule has 0 saturated carbocycles. The highest BCUT2D eigenvalue weighted by molar-refractivity contribution is 5.86. The van der Waals surface area contributed by atoms with Crippen molar-refractivity contribution in [3.05, 3.63) is 0 Å². The van der Waals surface area contributed by atoms with Gasteiger partial charge >= 0.3 is 18.0 Å². The molecule has 1 rings (SSSR count). The number of carbonyl (C=O) groups excluding carboxylic acids is 2. The quantitative estimate of drug-likeness (QED) is 0.503. The topological polar surface area (TPSA) is 136 Å². The van der Waals surface area contributed by atoms with Crippen LogP contribution in [0.15, 0.2) is 0 Å². The highest BCUT2D eigenvalue weighted by Gasteiger charge is 2.27. The lowest BCUT2D eigenvalue weighted by molar-refractivity contribution is -0.145. The normalized spacial score (nSPS) is 20.1. The van der Waals surface area contributed by atoms with Gasteiger partial charge in [-0.15, -0.1) is 0 Å². The standard InChI is InChI=1S/C11H17N3O6/c1-14-5-6(2-3-8(14)15)12-11(20)13-7(10(18)19)4-9(16)17/h6-7H,2-5H2,1H3,(H,16,17)(H,18,19)(H2,12,13,20)/t6?,7-/m1/s1. The van der Waals surface area contributed by atoms with Crippen LogP contribution in [0.2, 0.25) is 0 Å². The van der Waals surface area contributed by atoms with Crippen molar-refractivity contribution in [3.8, 4) is 0 Å². The second-order valence-electron chi connectivity index (χ2n) is 4.62. The minimum Gasteiger partial charge on any atom is -0.481 e. The fourth-order valence-electron chi connectivity index (χ4n) is 1.89. The van der Waals surface area contributed by atoms with E-state index in [1.165, 1.54) is 4.90 Å². The summed E-state index contributed by atoms with van der Waals surface area (Å²) in [6.07, 6.45) is 0.0675. The predicted molar refractivity (Wildman–Crippen MR) is 66.0 cm³/mol. The number of nitrogens with one attached hydrogen (secondary N) is 2. The molecule has 1 unspecified atom stereocenters. The maximum atomic E-state index is 11.6. The van der Waals surface area contributed by atoms with E-state index in [4.69, 9.17) is 10.2 Å². The van der Waals surface area contributed by atoms with E-state index < -0.39 is 30.4 Å². The molecule has 1 fully saturated rings. The van der Waals surface area contributed by atoms with Crippen molar-refractivity contribution >= 4 is 23.9 Å². The van der Waals surface area contributed by atoms with Crippen LogP contribution in [0.3, 0.4) is 0 Å². The number of likely N-dealkylation sites (tertiary alicyclic amines) is 1. The Morgan fingerprint density at radius 2 is 2.05 bits per heavy atom. The van der Waals surface area contributed by atoms with E-state index in [0.29, 0.717) is 19.4 Å². The van der Waals surface area contributed by atoms with Crippen molar-refractivity contribution in [2.45, 2.75) is 31.3 Å². The van der Waals surface area contributed by atoms with Gasteiger partial charge in [-0.3, -0.25) is 9.59 Å². The number of urea groups is 1. The molecule has 2 atom stereocenters. The first-order valence-corrected chi connectivity index (χ1v) is 6.05. The van der Waals surface area contributed by atoms with Crippen LogP contribution < -0.4 is 10.6 Å². The van der Waals surface area contributed by atoms with E-state index in [-0.39, 0.29) is 11.9 Å². The van der Waals surface area contributed by atoms with E-state index in [0.717, 1.165) is 0 Å². The molecule has 9 heteroatoms. The van der Waals surface area contributed by atoms with Gasteiger partial charge in [0.25, 0.3) is 0 Å². The van der Waals surface area contributed by atoms with Crippen LogP contribution in [-0.4, -0.2) is 64.7 Å². The Hall–Kier alpha value is -2.32. The minimum absolute atomic E-state index is 0.0160. The first kappa shape index (κ1) is 15.7. The van der Waals surface area contributed by atoms with Gasteiger partial charge in [0.05, 0.1) is 6.42 Å². The monoisotopic (exact) mass is 287 g/mol. The van der Waals surface area contributed by atoms with Gasteiger partial charge < -0.3 is 25.7 Å². The molecule has 0 aromatic rings. The third-order valence-corrected chi connectivity index (χ3v) is 2.94. The lowest BCUT2D eigenvalue weighted by atomic mass is 10.1. The number of amides is 3. The summed E-state index contributed by atoms with van der Waals surface area (Å²) in [6.45, 7) is 0.336. The molecule has 1 aliphatic rings. The molecule has 112 valence electrons. The maximum Gasteiger partial charge on any atom is 0.326 e. The third kappa shape index (κ3) is 4.75. The average molecular weight is 287 g/mol. The number of hydrogen-bond donors (Lipinski definition) is 4. The Labute approximate surface area is 114 Å². The lowest BCUT2D eigenvalue weighted by Gasteiger charge is -2.30. The van der Waals surface area contributed by atoms with Crippen LogP contribution in [0, 0.1) is 0 Å². The van der Waals surface area contributed by atoms with Crippen molar-refractivity contribution < 1.29 is 29.4 Å². The van der Waals surface area contributed by atoms with Crippen molar-refractivity contribution in [3.63, 3.8) is 0 Å². The highest BCUT2D eigenvalue weighted by atomic mass is 16.4. The molecular formula is C11H17N3O6. The SMILES string of the molecule is CN1CC(NC(=O)N[C@H](CC(=O)O)C(=O)O)CCC1=O. The Morgan fingerprint density at radius 1 is 1.40 bits per heavy atom. The Bertz CT molecular complexity index is 424. The molecule has 4 N–H and O–H groups in total. The second kappa shape index (κ2) is 6.73. The third-order valence-electron chi connectivity index (χ3n) is 2.94. The number of piperidine rings is 1. The van der Waals surface area contributed by atoms with Crippen molar-refractivity contribution in [2.75, 3.05) is 13.6 Å². The summed E-state index contributed by atoms with van der Waals surface area (Å²) in [4.78, 5) is 45.6. The molecule has 20 heavy (non-hydrogen) atoms. The van der Waals surface area contributed by atoms with Crippen LogP contribution in [-0.2, 0) is 14.4 Å². The highest BCUT2D eigenvalue weighted by Crippen LogP contribution is 2.09. The van der Waals surface area contributed by atoms with E-state index in [1.54, 1.807) is 7.05 Å². The van der Waals surface area contributed by atoms with Crippen LogP contribution in [0.1, 0.15) is 19.3 Å². The summed E-state index contributed by atoms with van der Waals surface area (Å²) >= 11 is 0.